The number of piperidine rings is 1. The molecule has 3 heterocycles. The molecule has 1 atom stereocenters. The van der Waals surface area contributed by atoms with Crippen LogP contribution in [0.4, 0.5) is 11.6 Å². The average Bonchev–Trinajstić information content (AvgIpc) is 2.56. The molecule has 0 aromatic carbocycles. The Bertz CT molecular complexity index is 557. The van der Waals surface area contributed by atoms with E-state index in [4.69, 9.17) is 0 Å². The van der Waals surface area contributed by atoms with E-state index in [9.17, 15) is 0 Å². The van der Waals surface area contributed by atoms with Gasteiger partial charge in [0.05, 0.1) is 6.20 Å². The molecule has 0 bridgehead atoms. The van der Waals surface area contributed by atoms with Gasteiger partial charge < -0.3 is 10.2 Å². The van der Waals surface area contributed by atoms with Crippen LogP contribution in [0.3, 0.4) is 0 Å². The fraction of sp³-hybridized carbons (Fsp3) is 0.400. The van der Waals surface area contributed by atoms with Crippen molar-refractivity contribution >= 4 is 11.6 Å². The average molecular weight is 269 g/mol. The summed E-state index contributed by atoms with van der Waals surface area (Å²) in [4.78, 5) is 15.5. The second-order valence-electron chi connectivity index (χ2n) is 5.05. The van der Waals surface area contributed by atoms with Gasteiger partial charge in [-0.05, 0) is 25.0 Å². The van der Waals surface area contributed by atoms with Crippen molar-refractivity contribution < 1.29 is 0 Å². The van der Waals surface area contributed by atoms with Gasteiger partial charge in [0.15, 0.2) is 0 Å². The number of nitrogens with zero attached hydrogens (tertiary/aromatic N) is 4. The molecule has 1 aliphatic rings. The Morgan fingerprint density at radius 1 is 1.30 bits per heavy atom. The summed E-state index contributed by atoms with van der Waals surface area (Å²) in [5.41, 5.74) is 1.16. The van der Waals surface area contributed by atoms with Gasteiger partial charge >= 0.3 is 0 Å². The molecule has 1 aliphatic heterocycles. The molecule has 1 N–H and O–H groups in total. The highest BCUT2D eigenvalue weighted by atomic mass is 15.2. The van der Waals surface area contributed by atoms with Gasteiger partial charge in [0.25, 0.3) is 0 Å². The zero-order valence-electron chi connectivity index (χ0n) is 11.7. The van der Waals surface area contributed by atoms with E-state index in [1.54, 1.807) is 12.4 Å². The zero-order chi connectivity index (χ0) is 13.8. The summed E-state index contributed by atoms with van der Waals surface area (Å²) >= 11 is 0. The lowest BCUT2D eigenvalue weighted by Gasteiger charge is -2.33. The van der Waals surface area contributed by atoms with Gasteiger partial charge in [0.2, 0.25) is 0 Å². The number of nitrogens with one attached hydrogen (secondary N) is 1. The van der Waals surface area contributed by atoms with Crippen LogP contribution in [-0.2, 0) is 0 Å². The molecule has 1 saturated heterocycles. The summed E-state index contributed by atoms with van der Waals surface area (Å²) in [6.45, 7) is 2.00. The van der Waals surface area contributed by atoms with Crippen LogP contribution in [0.5, 0.6) is 0 Å². The Morgan fingerprint density at radius 3 is 3.05 bits per heavy atom. The van der Waals surface area contributed by atoms with Crippen molar-refractivity contribution in [1.29, 1.82) is 0 Å². The third-order valence-corrected chi connectivity index (χ3v) is 3.74. The minimum atomic E-state index is 0.457. The Hall–Kier alpha value is -2.17. The molecule has 0 amide bonds. The topological polar surface area (TPSA) is 53.9 Å². The van der Waals surface area contributed by atoms with Crippen molar-refractivity contribution in [3.63, 3.8) is 0 Å². The first-order chi connectivity index (χ1) is 9.86. The minimum Gasteiger partial charge on any atom is -0.373 e. The van der Waals surface area contributed by atoms with Crippen molar-refractivity contribution in [3.05, 3.63) is 42.5 Å². The lowest BCUT2D eigenvalue weighted by molar-refractivity contribution is 0.498. The molecule has 0 radical (unpaired) electrons. The van der Waals surface area contributed by atoms with Crippen LogP contribution in [0, 0.1) is 0 Å². The van der Waals surface area contributed by atoms with E-state index in [0.29, 0.717) is 5.92 Å². The molecule has 3 rings (SSSR count). The van der Waals surface area contributed by atoms with Crippen molar-refractivity contribution in [3.8, 4) is 0 Å². The molecule has 2 aromatic heterocycles. The quantitative estimate of drug-likeness (QED) is 0.926. The third-order valence-electron chi connectivity index (χ3n) is 3.74. The number of anilines is 2. The molecule has 0 unspecified atom stereocenters. The molecule has 20 heavy (non-hydrogen) atoms. The van der Waals surface area contributed by atoms with Gasteiger partial charge in [-0.15, -0.1) is 0 Å². The van der Waals surface area contributed by atoms with Crippen LogP contribution in [0.15, 0.2) is 36.8 Å². The molecule has 0 saturated carbocycles. The number of pyridine rings is 1. The Morgan fingerprint density at radius 2 is 2.25 bits per heavy atom. The molecular weight excluding hydrogens is 250 g/mol. The summed E-state index contributed by atoms with van der Waals surface area (Å²) in [7, 11) is 1.90. The van der Waals surface area contributed by atoms with E-state index in [-0.39, 0.29) is 0 Å². The van der Waals surface area contributed by atoms with Gasteiger partial charge in [0, 0.05) is 44.1 Å². The van der Waals surface area contributed by atoms with Gasteiger partial charge in [-0.1, -0.05) is 6.07 Å². The molecule has 1 fully saturated rings. The van der Waals surface area contributed by atoms with Gasteiger partial charge in [0.1, 0.15) is 11.6 Å². The first kappa shape index (κ1) is 12.8. The second kappa shape index (κ2) is 5.86. The largest absolute Gasteiger partial charge is 0.373 e. The lowest BCUT2D eigenvalue weighted by Crippen LogP contribution is -2.35. The maximum atomic E-state index is 4.67. The molecule has 2 aromatic rings. The SMILES string of the molecule is CNc1cccc([C@@H]2CCCN(c3cnccn3)C2)n1. The van der Waals surface area contributed by atoms with E-state index >= 15 is 0 Å². The number of rotatable bonds is 3. The maximum absolute atomic E-state index is 4.67. The van der Waals surface area contributed by atoms with Crippen LogP contribution >= 0.6 is 0 Å². The van der Waals surface area contributed by atoms with Crippen LogP contribution in [0.1, 0.15) is 24.5 Å². The molecule has 0 spiro atoms. The van der Waals surface area contributed by atoms with Crippen molar-refractivity contribution in [2.75, 3.05) is 30.4 Å². The van der Waals surface area contributed by atoms with Gasteiger partial charge in [-0.3, -0.25) is 4.98 Å². The predicted octanol–water partition coefficient (Wildman–Crippen LogP) is 2.30. The summed E-state index contributed by atoms with van der Waals surface area (Å²) < 4.78 is 0. The van der Waals surface area contributed by atoms with Crippen molar-refractivity contribution in [2.24, 2.45) is 0 Å². The van der Waals surface area contributed by atoms with Crippen LogP contribution in [0.25, 0.3) is 0 Å². The summed E-state index contributed by atoms with van der Waals surface area (Å²) in [6, 6.07) is 6.17. The van der Waals surface area contributed by atoms with Gasteiger partial charge in [-0.25, -0.2) is 9.97 Å². The first-order valence-electron chi connectivity index (χ1n) is 7.02. The highest BCUT2D eigenvalue weighted by Crippen LogP contribution is 2.28. The standard InChI is InChI=1S/C15H19N5/c1-16-14-6-2-5-13(19-14)12-4-3-9-20(11-12)15-10-17-7-8-18-15/h2,5-8,10,12H,3-4,9,11H2,1H3,(H,16,19)/t12-/m1/s1. The van der Waals surface area contributed by atoms with Gasteiger partial charge in [-0.2, -0.15) is 0 Å². The second-order valence-corrected chi connectivity index (χ2v) is 5.05. The van der Waals surface area contributed by atoms with Crippen LogP contribution < -0.4 is 10.2 Å². The van der Waals surface area contributed by atoms with Crippen LogP contribution in [-0.4, -0.2) is 35.1 Å². The summed E-state index contributed by atoms with van der Waals surface area (Å²) in [6.07, 6.45) is 7.63. The number of hydrogen-bond donors (Lipinski definition) is 1. The summed E-state index contributed by atoms with van der Waals surface area (Å²) in [5, 5.41) is 3.10. The minimum absolute atomic E-state index is 0.457. The van der Waals surface area contributed by atoms with E-state index in [1.165, 1.54) is 6.42 Å². The smallest absolute Gasteiger partial charge is 0.147 e. The highest BCUT2D eigenvalue weighted by molar-refractivity contribution is 5.39. The predicted molar refractivity (Wildman–Crippen MR) is 80.0 cm³/mol. The Labute approximate surface area is 119 Å². The van der Waals surface area contributed by atoms with E-state index in [0.717, 1.165) is 36.8 Å². The van der Waals surface area contributed by atoms with Crippen molar-refractivity contribution in [1.82, 2.24) is 15.0 Å². The molecule has 5 nitrogen and oxygen atoms in total. The molecular formula is C15H19N5. The maximum Gasteiger partial charge on any atom is 0.147 e. The number of hydrogen-bond acceptors (Lipinski definition) is 5. The Kier molecular flexibility index (Phi) is 3.76. The highest BCUT2D eigenvalue weighted by Gasteiger charge is 2.23. The fourth-order valence-electron chi connectivity index (χ4n) is 2.70. The van der Waals surface area contributed by atoms with Crippen LogP contribution in [0.2, 0.25) is 0 Å². The molecule has 5 heteroatoms. The normalized spacial score (nSPS) is 18.9. The monoisotopic (exact) mass is 269 g/mol. The van der Waals surface area contributed by atoms with Crippen molar-refractivity contribution in [2.45, 2.75) is 18.8 Å². The lowest BCUT2D eigenvalue weighted by atomic mass is 9.94. The third kappa shape index (κ3) is 2.71. The Balaban J connectivity index is 1.78. The van der Waals surface area contributed by atoms with E-state index in [2.05, 4.69) is 37.3 Å². The fourth-order valence-corrected chi connectivity index (χ4v) is 2.70. The van der Waals surface area contributed by atoms with E-state index in [1.807, 2.05) is 19.3 Å². The van der Waals surface area contributed by atoms with E-state index < -0.39 is 0 Å². The molecule has 104 valence electrons. The zero-order valence-corrected chi connectivity index (χ0v) is 11.7. The number of aromatic nitrogens is 3. The summed E-state index contributed by atoms with van der Waals surface area (Å²) in [5.74, 6) is 2.35. The molecule has 0 aliphatic carbocycles. The first-order valence-corrected chi connectivity index (χ1v) is 7.02.